The molecule has 0 bridgehead atoms. The van der Waals surface area contributed by atoms with Crippen LogP contribution in [0.3, 0.4) is 0 Å². The van der Waals surface area contributed by atoms with Crippen molar-refractivity contribution < 1.29 is 14.3 Å². The number of ether oxygens (including phenoxy) is 1. The summed E-state index contributed by atoms with van der Waals surface area (Å²) in [4.78, 5) is 32.0. The van der Waals surface area contributed by atoms with Gasteiger partial charge in [0.1, 0.15) is 12.4 Å². The number of carbonyl (C=O) groups is 2. The SMILES string of the molecule is CC(=O)N(CCOC(=O)Nc1cc2ccncc2cn1)NCc1ccccc1Cl. The van der Waals surface area contributed by atoms with Crippen molar-refractivity contribution in [2.75, 3.05) is 18.5 Å². The lowest BCUT2D eigenvalue weighted by atomic mass is 10.2. The number of hydrogen-bond acceptors (Lipinski definition) is 6. The molecule has 150 valence electrons. The zero-order valence-electron chi connectivity index (χ0n) is 15.8. The van der Waals surface area contributed by atoms with Crippen molar-refractivity contribution in [3.05, 3.63) is 65.6 Å². The third-order valence-electron chi connectivity index (χ3n) is 4.10. The molecule has 3 rings (SSSR count). The first-order chi connectivity index (χ1) is 14.0. The molecule has 1 aromatic carbocycles. The van der Waals surface area contributed by atoms with E-state index in [1.54, 1.807) is 30.7 Å². The Labute approximate surface area is 172 Å². The molecule has 2 aromatic heterocycles. The van der Waals surface area contributed by atoms with E-state index in [1.807, 2.05) is 24.3 Å². The predicted octanol–water partition coefficient (Wildman–Crippen LogP) is 3.39. The quantitative estimate of drug-likeness (QED) is 0.576. The number of fused-ring (bicyclic) bond motifs is 1. The second kappa shape index (κ2) is 9.81. The number of rotatable bonds is 7. The number of hydrazine groups is 1. The number of anilines is 1. The van der Waals surface area contributed by atoms with Crippen molar-refractivity contribution in [2.24, 2.45) is 0 Å². The van der Waals surface area contributed by atoms with Crippen LogP contribution in [-0.4, -0.2) is 40.1 Å². The highest BCUT2D eigenvalue weighted by molar-refractivity contribution is 6.31. The molecule has 0 radical (unpaired) electrons. The molecule has 3 aromatic rings. The number of benzene rings is 1. The molecule has 0 atom stereocenters. The maximum atomic E-state index is 12.0. The fourth-order valence-electron chi connectivity index (χ4n) is 2.59. The summed E-state index contributed by atoms with van der Waals surface area (Å²) in [7, 11) is 0. The van der Waals surface area contributed by atoms with Gasteiger partial charge < -0.3 is 4.74 Å². The Bertz CT molecular complexity index is 1010. The van der Waals surface area contributed by atoms with E-state index in [1.165, 1.54) is 11.9 Å². The molecule has 0 aliphatic rings. The summed E-state index contributed by atoms with van der Waals surface area (Å²) in [5.41, 5.74) is 3.85. The number of nitrogens with one attached hydrogen (secondary N) is 2. The number of carbonyl (C=O) groups excluding carboxylic acids is 2. The van der Waals surface area contributed by atoms with Gasteiger partial charge in [0.25, 0.3) is 0 Å². The normalized spacial score (nSPS) is 10.6. The second-order valence-electron chi connectivity index (χ2n) is 6.15. The molecule has 9 heteroatoms. The minimum Gasteiger partial charge on any atom is -0.447 e. The van der Waals surface area contributed by atoms with Gasteiger partial charge >= 0.3 is 6.09 Å². The van der Waals surface area contributed by atoms with Crippen LogP contribution in [0.2, 0.25) is 5.02 Å². The van der Waals surface area contributed by atoms with Crippen LogP contribution in [0, 0.1) is 0 Å². The second-order valence-corrected chi connectivity index (χ2v) is 6.56. The molecular weight excluding hydrogens is 394 g/mol. The van der Waals surface area contributed by atoms with E-state index in [0.29, 0.717) is 17.4 Å². The smallest absolute Gasteiger partial charge is 0.412 e. The van der Waals surface area contributed by atoms with Crippen LogP contribution in [0.25, 0.3) is 10.8 Å². The van der Waals surface area contributed by atoms with E-state index < -0.39 is 6.09 Å². The molecule has 2 amide bonds. The summed E-state index contributed by atoms with van der Waals surface area (Å²) in [6.07, 6.45) is 4.32. The van der Waals surface area contributed by atoms with Crippen molar-refractivity contribution in [3.63, 3.8) is 0 Å². The zero-order chi connectivity index (χ0) is 20.6. The van der Waals surface area contributed by atoms with E-state index in [4.69, 9.17) is 16.3 Å². The van der Waals surface area contributed by atoms with E-state index >= 15 is 0 Å². The van der Waals surface area contributed by atoms with Crippen LogP contribution in [0.15, 0.2) is 55.0 Å². The van der Waals surface area contributed by atoms with Crippen LogP contribution < -0.4 is 10.7 Å². The summed E-state index contributed by atoms with van der Waals surface area (Å²) < 4.78 is 5.15. The molecule has 2 heterocycles. The van der Waals surface area contributed by atoms with Crippen LogP contribution in [0.1, 0.15) is 12.5 Å². The molecule has 0 fully saturated rings. The van der Waals surface area contributed by atoms with E-state index in [-0.39, 0.29) is 19.1 Å². The molecule has 0 unspecified atom stereocenters. The number of halogens is 1. The molecule has 0 saturated heterocycles. The third-order valence-corrected chi connectivity index (χ3v) is 4.47. The van der Waals surface area contributed by atoms with Crippen molar-refractivity contribution in [3.8, 4) is 0 Å². The summed E-state index contributed by atoms with van der Waals surface area (Å²) >= 11 is 6.12. The Balaban J connectivity index is 1.47. The number of hydrogen-bond donors (Lipinski definition) is 2. The maximum absolute atomic E-state index is 12.0. The summed E-state index contributed by atoms with van der Waals surface area (Å²) in [6, 6.07) is 10.9. The largest absolute Gasteiger partial charge is 0.447 e. The van der Waals surface area contributed by atoms with Gasteiger partial charge in [-0.25, -0.2) is 15.2 Å². The highest BCUT2D eigenvalue weighted by Crippen LogP contribution is 2.15. The number of nitrogens with zero attached hydrogens (tertiary/aromatic N) is 3. The Hall–Kier alpha value is -3.23. The number of amides is 2. The molecule has 0 spiro atoms. The van der Waals surface area contributed by atoms with Gasteiger partial charge in [-0.05, 0) is 29.1 Å². The topological polar surface area (TPSA) is 96.5 Å². The first kappa shape index (κ1) is 20.5. The number of aromatic nitrogens is 2. The first-order valence-electron chi connectivity index (χ1n) is 8.91. The Morgan fingerprint density at radius 1 is 1.17 bits per heavy atom. The van der Waals surface area contributed by atoms with Crippen molar-refractivity contribution in [1.82, 2.24) is 20.4 Å². The van der Waals surface area contributed by atoms with Gasteiger partial charge in [0.2, 0.25) is 5.91 Å². The molecule has 8 nitrogen and oxygen atoms in total. The highest BCUT2D eigenvalue weighted by atomic mass is 35.5. The monoisotopic (exact) mass is 413 g/mol. The van der Waals surface area contributed by atoms with Crippen LogP contribution in [-0.2, 0) is 16.1 Å². The third kappa shape index (κ3) is 5.87. The average molecular weight is 414 g/mol. The lowest BCUT2D eigenvalue weighted by Gasteiger charge is -2.22. The molecule has 0 aliphatic carbocycles. The van der Waals surface area contributed by atoms with Gasteiger partial charge in [-0.3, -0.25) is 20.1 Å². The molecule has 0 aliphatic heterocycles. The zero-order valence-corrected chi connectivity index (χ0v) is 16.5. The van der Waals surface area contributed by atoms with E-state index in [9.17, 15) is 9.59 Å². The Kier molecular flexibility index (Phi) is 6.94. The van der Waals surface area contributed by atoms with Crippen molar-refractivity contribution >= 4 is 40.2 Å². The van der Waals surface area contributed by atoms with E-state index in [2.05, 4.69) is 20.7 Å². The summed E-state index contributed by atoms with van der Waals surface area (Å²) in [6.45, 7) is 2.00. The number of pyridine rings is 2. The molecular formula is C20H20ClN5O3. The van der Waals surface area contributed by atoms with Gasteiger partial charge in [-0.15, -0.1) is 0 Å². The van der Waals surface area contributed by atoms with Gasteiger partial charge in [0.05, 0.1) is 6.54 Å². The van der Waals surface area contributed by atoms with Gasteiger partial charge in [-0.1, -0.05) is 29.8 Å². The van der Waals surface area contributed by atoms with Gasteiger partial charge in [0, 0.05) is 42.5 Å². The Morgan fingerprint density at radius 3 is 2.79 bits per heavy atom. The van der Waals surface area contributed by atoms with Gasteiger partial charge in [-0.2, -0.15) is 0 Å². The van der Waals surface area contributed by atoms with Crippen molar-refractivity contribution in [2.45, 2.75) is 13.5 Å². The lowest BCUT2D eigenvalue weighted by Crippen LogP contribution is -2.43. The fourth-order valence-corrected chi connectivity index (χ4v) is 2.79. The minimum atomic E-state index is -0.652. The molecule has 0 saturated carbocycles. The Morgan fingerprint density at radius 2 is 2.00 bits per heavy atom. The van der Waals surface area contributed by atoms with Crippen molar-refractivity contribution in [1.29, 1.82) is 0 Å². The summed E-state index contributed by atoms with van der Waals surface area (Å²) in [5, 5.41) is 6.32. The average Bonchev–Trinajstić information content (AvgIpc) is 2.71. The highest BCUT2D eigenvalue weighted by Gasteiger charge is 2.11. The molecule has 29 heavy (non-hydrogen) atoms. The predicted molar refractivity (Wildman–Crippen MR) is 110 cm³/mol. The maximum Gasteiger partial charge on any atom is 0.412 e. The van der Waals surface area contributed by atoms with Gasteiger partial charge in [0.15, 0.2) is 0 Å². The van der Waals surface area contributed by atoms with Crippen LogP contribution in [0.4, 0.5) is 10.6 Å². The fraction of sp³-hybridized carbons (Fsp3) is 0.200. The molecule has 2 N–H and O–H groups in total. The lowest BCUT2D eigenvalue weighted by molar-refractivity contribution is -0.132. The standard InChI is InChI=1S/C20H20ClN5O3/c1-14(27)26(24-13-16-4-2-3-5-18(16)21)8-9-29-20(28)25-19-10-15-6-7-22-11-17(15)12-23-19/h2-7,10-12,24H,8-9,13H2,1H3,(H,23,25,28). The minimum absolute atomic E-state index is 0.0123. The van der Waals surface area contributed by atoms with Crippen LogP contribution in [0.5, 0.6) is 0 Å². The van der Waals surface area contributed by atoms with E-state index in [0.717, 1.165) is 16.3 Å². The first-order valence-corrected chi connectivity index (χ1v) is 9.29. The van der Waals surface area contributed by atoms with Crippen LogP contribution >= 0.6 is 11.6 Å². The summed E-state index contributed by atoms with van der Waals surface area (Å²) in [5.74, 6) is 0.167.